The van der Waals surface area contributed by atoms with Crippen molar-refractivity contribution in [3.05, 3.63) is 29.3 Å². The standard InChI is InChI=1S/C20H32N2O2/c1-16-13-18-14-17(5-6-20(18)24-16)15-22(9-4-12-23-3)19-7-10-21(2)11-8-19/h5-6,14,16,19H,4,7-13,15H2,1-3H3/t16-/m0/s1. The first-order chi connectivity index (χ1) is 11.7. The molecule has 1 fully saturated rings. The van der Waals surface area contributed by atoms with Crippen LogP contribution in [-0.2, 0) is 17.7 Å². The van der Waals surface area contributed by atoms with Crippen molar-refractivity contribution in [2.75, 3.05) is 40.4 Å². The molecule has 134 valence electrons. The molecule has 0 bridgehead atoms. The summed E-state index contributed by atoms with van der Waals surface area (Å²) in [5, 5.41) is 0. The Morgan fingerprint density at radius 3 is 2.83 bits per heavy atom. The predicted octanol–water partition coefficient (Wildman–Crippen LogP) is 2.94. The van der Waals surface area contributed by atoms with Crippen molar-refractivity contribution in [2.45, 2.75) is 51.3 Å². The molecule has 4 heteroatoms. The van der Waals surface area contributed by atoms with Crippen LogP contribution in [0.3, 0.4) is 0 Å². The summed E-state index contributed by atoms with van der Waals surface area (Å²) in [6.07, 6.45) is 5.01. The molecule has 1 aromatic carbocycles. The number of rotatable bonds is 7. The second kappa shape index (κ2) is 8.32. The topological polar surface area (TPSA) is 24.9 Å². The third kappa shape index (κ3) is 4.50. The molecule has 0 amide bonds. The van der Waals surface area contributed by atoms with Gasteiger partial charge in [0.1, 0.15) is 11.9 Å². The smallest absolute Gasteiger partial charge is 0.123 e. The number of hydrogen-bond acceptors (Lipinski definition) is 4. The number of ether oxygens (including phenoxy) is 2. The third-order valence-electron chi connectivity index (χ3n) is 5.34. The van der Waals surface area contributed by atoms with Crippen molar-refractivity contribution in [1.29, 1.82) is 0 Å². The van der Waals surface area contributed by atoms with Gasteiger partial charge in [0.2, 0.25) is 0 Å². The number of methoxy groups -OCH3 is 1. The summed E-state index contributed by atoms with van der Waals surface area (Å²) >= 11 is 0. The maximum Gasteiger partial charge on any atom is 0.123 e. The van der Waals surface area contributed by atoms with Crippen LogP contribution in [0.1, 0.15) is 37.3 Å². The Labute approximate surface area is 146 Å². The zero-order chi connectivity index (χ0) is 16.9. The third-order valence-corrected chi connectivity index (χ3v) is 5.34. The Kier molecular flexibility index (Phi) is 6.14. The highest BCUT2D eigenvalue weighted by molar-refractivity contribution is 5.40. The van der Waals surface area contributed by atoms with Gasteiger partial charge in [-0.1, -0.05) is 12.1 Å². The lowest BCUT2D eigenvalue weighted by atomic mass is 10.0. The van der Waals surface area contributed by atoms with Crippen molar-refractivity contribution in [1.82, 2.24) is 9.80 Å². The summed E-state index contributed by atoms with van der Waals surface area (Å²) in [6.45, 7) is 7.57. The van der Waals surface area contributed by atoms with E-state index >= 15 is 0 Å². The van der Waals surface area contributed by atoms with Crippen LogP contribution in [0.15, 0.2) is 18.2 Å². The molecule has 3 rings (SSSR count). The van der Waals surface area contributed by atoms with Crippen molar-refractivity contribution in [3.8, 4) is 5.75 Å². The lowest BCUT2D eigenvalue weighted by Crippen LogP contribution is -2.44. The van der Waals surface area contributed by atoms with E-state index in [4.69, 9.17) is 9.47 Å². The molecule has 0 aromatic heterocycles. The van der Waals surface area contributed by atoms with E-state index in [1.165, 1.54) is 37.1 Å². The molecule has 0 spiro atoms. The van der Waals surface area contributed by atoms with E-state index in [0.717, 1.165) is 38.3 Å². The monoisotopic (exact) mass is 332 g/mol. The SMILES string of the molecule is COCCCN(Cc1ccc2c(c1)C[C@H](C)O2)C1CCN(C)CC1. The molecule has 0 unspecified atom stereocenters. The van der Waals surface area contributed by atoms with Gasteiger partial charge in [-0.05, 0) is 63.5 Å². The molecular weight excluding hydrogens is 300 g/mol. The fourth-order valence-corrected chi connectivity index (χ4v) is 3.97. The molecule has 1 aromatic rings. The fraction of sp³-hybridized carbons (Fsp3) is 0.700. The number of fused-ring (bicyclic) bond motifs is 1. The van der Waals surface area contributed by atoms with Crippen LogP contribution in [0.25, 0.3) is 0 Å². The molecule has 0 N–H and O–H groups in total. The summed E-state index contributed by atoms with van der Waals surface area (Å²) in [4.78, 5) is 5.12. The Morgan fingerprint density at radius 2 is 2.08 bits per heavy atom. The van der Waals surface area contributed by atoms with E-state index in [9.17, 15) is 0 Å². The normalized spacial score (nSPS) is 21.9. The lowest BCUT2D eigenvalue weighted by Gasteiger charge is -2.37. The molecule has 0 saturated carbocycles. The van der Waals surface area contributed by atoms with E-state index in [2.05, 4.69) is 42.0 Å². The van der Waals surface area contributed by atoms with Crippen molar-refractivity contribution >= 4 is 0 Å². The molecule has 2 aliphatic rings. The van der Waals surface area contributed by atoms with Crippen molar-refractivity contribution < 1.29 is 9.47 Å². The minimum absolute atomic E-state index is 0.321. The lowest BCUT2D eigenvalue weighted by molar-refractivity contribution is 0.0999. The molecule has 2 heterocycles. The molecule has 0 aliphatic carbocycles. The van der Waals surface area contributed by atoms with Crippen molar-refractivity contribution in [3.63, 3.8) is 0 Å². The number of nitrogens with zero attached hydrogens (tertiary/aromatic N) is 2. The van der Waals surface area contributed by atoms with Gasteiger partial charge in [-0.3, -0.25) is 4.90 Å². The van der Waals surface area contributed by atoms with E-state index in [0.29, 0.717) is 12.1 Å². The zero-order valence-corrected chi connectivity index (χ0v) is 15.5. The van der Waals surface area contributed by atoms with Crippen LogP contribution < -0.4 is 4.74 Å². The van der Waals surface area contributed by atoms with Gasteiger partial charge in [0.05, 0.1) is 0 Å². The van der Waals surface area contributed by atoms with Gasteiger partial charge in [0, 0.05) is 39.3 Å². The Bertz CT molecular complexity index is 526. The van der Waals surface area contributed by atoms with Crippen molar-refractivity contribution in [2.24, 2.45) is 0 Å². The Morgan fingerprint density at radius 1 is 1.29 bits per heavy atom. The zero-order valence-electron chi connectivity index (χ0n) is 15.5. The summed E-state index contributed by atoms with van der Waals surface area (Å²) in [7, 11) is 4.02. The number of likely N-dealkylation sites (tertiary alicyclic amines) is 1. The van der Waals surface area contributed by atoms with Crippen LogP contribution in [0, 0.1) is 0 Å². The quantitative estimate of drug-likeness (QED) is 0.717. The van der Waals surface area contributed by atoms with Gasteiger partial charge in [-0.25, -0.2) is 0 Å². The second-order valence-electron chi connectivity index (χ2n) is 7.43. The van der Waals surface area contributed by atoms with Crippen LogP contribution >= 0.6 is 0 Å². The molecule has 4 nitrogen and oxygen atoms in total. The summed E-state index contributed by atoms with van der Waals surface area (Å²) < 4.78 is 11.1. The summed E-state index contributed by atoms with van der Waals surface area (Å²) in [5.41, 5.74) is 2.79. The summed E-state index contributed by atoms with van der Waals surface area (Å²) in [6, 6.07) is 7.46. The maximum atomic E-state index is 5.84. The van der Waals surface area contributed by atoms with Crippen LogP contribution in [0.2, 0.25) is 0 Å². The first-order valence-corrected chi connectivity index (χ1v) is 9.35. The molecule has 24 heavy (non-hydrogen) atoms. The average molecular weight is 332 g/mol. The van der Waals surface area contributed by atoms with Gasteiger partial charge >= 0.3 is 0 Å². The highest BCUT2D eigenvalue weighted by Gasteiger charge is 2.24. The Hall–Kier alpha value is -1.10. The van der Waals surface area contributed by atoms with Gasteiger partial charge in [-0.15, -0.1) is 0 Å². The van der Waals surface area contributed by atoms with Crippen LogP contribution in [-0.4, -0.2) is 62.3 Å². The molecule has 1 atom stereocenters. The largest absolute Gasteiger partial charge is 0.490 e. The molecular formula is C20H32N2O2. The molecule has 0 radical (unpaired) electrons. The second-order valence-corrected chi connectivity index (χ2v) is 7.43. The average Bonchev–Trinajstić information content (AvgIpc) is 2.94. The van der Waals surface area contributed by atoms with Crippen LogP contribution in [0.4, 0.5) is 0 Å². The highest BCUT2D eigenvalue weighted by Crippen LogP contribution is 2.30. The van der Waals surface area contributed by atoms with E-state index in [1.807, 2.05) is 0 Å². The first-order valence-electron chi connectivity index (χ1n) is 9.35. The number of benzene rings is 1. The van der Waals surface area contributed by atoms with Crippen LogP contribution in [0.5, 0.6) is 5.75 Å². The molecule has 2 aliphatic heterocycles. The Balaban J connectivity index is 1.65. The van der Waals surface area contributed by atoms with E-state index in [-0.39, 0.29) is 0 Å². The minimum atomic E-state index is 0.321. The predicted molar refractivity (Wildman–Crippen MR) is 97.7 cm³/mol. The maximum absolute atomic E-state index is 5.84. The van der Waals surface area contributed by atoms with Gasteiger partial charge in [0.15, 0.2) is 0 Å². The van der Waals surface area contributed by atoms with Gasteiger partial charge in [0.25, 0.3) is 0 Å². The fourth-order valence-electron chi connectivity index (χ4n) is 3.97. The number of piperidine rings is 1. The van der Waals surface area contributed by atoms with Gasteiger partial charge < -0.3 is 14.4 Å². The van der Waals surface area contributed by atoms with Gasteiger partial charge in [-0.2, -0.15) is 0 Å². The van der Waals surface area contributed by atoms with E-state index < -0.39 is 0 Å². The highest BCUT2D eigenvalue weighted by atomic mass is 16.5. The molecule has 1 saturated heterocycles. The minimum Gasteiger partial charge on any atom is -0.490 e. The summed E-state index contributed by atoms with van der Waals surface area (Å²) in [5.74, 6) is 1.08. The van der Waals surface area contributed by atoms with E-state index in [1.54, 1.807) is 7.11 Å². The number of hydrogen-bond donors (Lipinski definition) is 0. The first kappa shape index (κ1) is 17.7.